The fourth-order valence-electron chi connectivity index (χ4n) is 2.61. The van der Waals surface area contributed by atoms with Crippen LogP contribution in [0.4, 0.5) is 13.2 Å². The van der Waals surface area contributed by atoms with Gasteiger partial charge in [-0.15, -0.1) is 0 Å². The SMILES string of the molecule is CC1CCCC(C(=O)c2cc(F)c(F)c(F)c2)C1. The highest BCUT2D eigenvalue weighted by atomic mass is 19.2. The molecule has 1 aliphatic rings. The van der Waals surface area contributed by atoms with Crippen molar-refractivity contribution >= 4 is 5.78 Å². The number of carbonyl (C=O) groups is 1. The molecule has 0 aromatic heterocycles. The molecular formula is C14H15F3O. The molecule has 0 bridgehead atoms. The van der Waals surface area contributed by atoms with Crippen LogP contribution in [0.15, 0.2) is 12.1 Å². The van der Waals surface area contributed by atoms with Gasteiger partial charge in [0.15, 0.2) is 23.2 Å². The fraction of sp³-hybridized carbons (Fsp3) is 0.500. The van der Waals surface area contributed by atoms with E-state index in [2.05, 4.69) is 6.92 Å². The monoisotopic (exact) mass is 256 g/mol. The van der Waals surface area contributed by atoms with E-state index in [0.29, 0.717) is 5.92 Å². The summed E-state index contributed by atoms with van der Waals surface area (Å²) in [4.78, 5) is 12.1. The van der Waals surface area contributed by atoms with Crippen molar-refractivity contribution in [2.24, 2.45) is 11.8 Å². The van der Waals surface area contributed by atoms with Crippen LogP contribution < -0.4 is 0 Å². The Bertz CT molecular complexity index is 447. The molecule has 0 spiro atoms. The zero-order valence-corrected chi connectivity index (χ0v) is 10.2. The minimum Gasteiger partial charge on any atom is -0.294 e. The van der Waals surface area contributed by atoms with Crippen molar-refractivity contribution in [3.63, 3.8) is 0 Å². The summed E-state index contributed by atoms with van der Waals surface area (Å²) in [6, 6.07) is 1.58. The van der Waals surface area contributed by atoms with Crippen molar-refractivity contribution in [2.45, 2.75) is 32.6 Å². The Morgan fingerprint density at radius 2 is 1.78 bits per heavy atom. The van der Waals surface area contributed by atoms with Gasteiger partial charge in [0.05, 0.1) is 0 Å². The normalized spacial score (nSPS) is 24.0. The number of ketones is 1. The van der Waals surface area contributed by atoms with E-state index >= 15 is 0 Å². The number of halogens is 3. The van der Waals surface area contributed by atoms with Gasteiger partial charge in [0.1, 0.15) is 0 Å². The third-order valence-electron chi connectivity index (χ3n) is 3.58. The zero-order valence-electron chi connectivity index (χ0n) is 10.2. The van der Waals surface area contributed by atoms with E-state index < -0.39 is 17.5 Å². The highest BCUT2D eigenvalue weighted by Crippen LogP contribution is 2.31. The lowest BCUT2D eigenvalue weighted by molar-refractivity contribution is 0.0867. The molecule has 0 saturated heterocycles. The average Bonchev–Trinajstić information content (AvgIpc) is 2.34. The van der Waals surface area contributed by atoms with Crippen molar-refractivity contribution in [1.82, 2.24) is 0 Å². The van der Waals surface area contributed by atoms with E-state index in [-0.39, 0.29) is 17.3 Å². The largest absolute Gasteiger partial charge is 0.294 e. The maximum absolute atomic E-state index is 13.1. The van der Waals surface area contributed by atoms with Crippen LogP contribution in [0.2, 0.25) is 0 Å². The van der Waals surface area contributed by atoms with Gasteiger partial charge in [-0.25, -0.2) is 13.2 Å². The van der Waals surface area contributed by atoms with Crippen molar-refractivity contribution in [3.8, 4) is 0 Å². The number of hydrogen-bond donors (Lipinski definition) is 0. The smallest absolute Gasteiger partial charge is 0.194 e. The molecule has 1 saturated carbocycles. The summed E-state index contributed by atoms with van der Waals surface area (Å²) in [5, 5.41) is 0. The molecule has 1 aliphatic carbocycles. The quantitative estimate of drug-likeness (QED) is 0.574. The Morgan fingerprint density at radius 3 is 2.33 bits per heavy atom. The molecule has 98 valence electrons. The third kappa shape index (κ3) is 2.57. The number of hydrogen-bond acceptors (Lipinski definition) is 1. The van der Waals surface area contributed by atoms with Crippen LogP contribution in [0.3, 0.4) is 0 Å². The molecular weight excluding hydrogens is 241 g/mol. The number of rotatable bonds is 2. The molecule has 0 amide bonds. The van der Waals surface area contributed by atoms with Crippen molar-refractivity contribution in [2.75, 3.05) is 0 Å². The van der Waals surface area contributed by atoms with Crippen LogP contribution in [-0.4, -0.2) is 5.78 Å². The van der Waals surface area contributed by atoms with Crippen molar-refractivity contribution in [3.05, 3.63) is 35.1 Å². The first-order valence-corrected chi connectivity index (χ1v) is 6.17. The molecule has 0 aliphatic heterocycles. The molecule has 18 heavy (non-hydrogen) atoms. The maximum Gasteiger partial charge on any atom is 0.194 e. The molecule has 2 unspecified atom stereocenters. The van der Waals surface area contributed by atoms with Crippen LogP contribution in [0.25, 0.3) is 0 Å². The highest BCUT2D eigenvalue weighted by Gasteiger charge is 2.27. The van der Waals surface area contributed by atoms with Crippen LogP contribution in [0, 0.1) is 29.3 Å². The standard InChI is InChI=1S/C14H15F3O/c1-8-3-2-4-9(5-8)14(18)10-6-11(15)13(17)12(16)7-10/h6-9H,2-5H2,1H3. The predicted molar refractivity (Wildman–Crippen MR) is 61.8 cm³/mol. The fourth-order valence-corrected chi connectivity index (χ4v) is 2.61. The van der Waals surface area contributed by atoms with Gasteiger partial charge >= 0.3 is 0 Å². The van der Waals surface area contributed by atoms with Crippen LogP contribution in [0.5, 0.6) is 0 Å². The summed E-state index contributed by atoms with van der Waals surface area (Å²) in [5.74, 6) is -4.16. The Kier molecular flexibility index (Phi) is 3.73. The van der Waals surface area contributed by atoms with Gasteiger partial charge in [-0.2, -0.15) is 0 Å². The second-order valence-electron chi connectivity index (χ2n) is 5.09. The Hall–Kier alpha value is -1.32. The van der Waals surface area contributed by atoms with E-state index in [1.54, 1.807) is 0 Å². The molecule has 0 radical (unpaired) electrons. The lowest BCUT2D eigenvalue weighted by Gasteiger charge is -2.25. The molecule has 1 aromatic rings. The molecule has 2 atom stereocenters. The van der Waals surface area contributed by atoms with Gasteiger partial charge in [0, 0.05) is 11.5 Å². The zero-order chi connectivity index (χ0) is 13.3. The minimum absolute atomic E-state index is 0.0644. The van der Waals surface area contributed by atoms with Crippen LogP contribution in [0.1, 0.15) is 43.0 Å². The second kappa shape index (κ2) is 5.12. The van der Waals surface area contributed by atoms with E-state index in [1.807, 2.05) is 0 Å². The average molecular weight is 256 g/mol. The summed E-state index contributed by atoms with van der Waals surface area (Å²) < 4.78 is 39.0. The molecule has 1 fully saturated rings. The predicted octanol–water partition coefficient (Wildman–Crippen LogP) is 4.11. The van der Waals surface area contributed by atoms with Gasteiger partial charge in [0.2, 0.25) is 0 Å². The van der Waals surface area contributed by atoms with Gasteiger partial charge in [-0.3, -0.25) is 4.79 Å². The first-order valence-electron chi connectivity index (χ1n) is 6.17. The lowest BCUT2D eigenvalue weighted by Crippen LogP contribution is -2.22. The number of benzene rings is 1. The molecule has 1 nitrogen and oxygen atoms in total. The van der Waals surface area contributed by atoms with Gasteiger partial charge in [-0.05, 0) is 30.9 Å². The lowest BCUT2D eigenvalue weighted by atomic mass is 9.79. The van der Waals surface area contributed by atoms with Crippen molar-refractivity contribution < 1.29 is 18.0 Å². The molecule has 0 N–H and O–H groups in total. The van der Waals surface area contributed by atoms with Gasteiger partial charge in [-0.1, -0.05) is 19.8 Å². The minimum atomic E-state index is -1.52. The summed E-state index contributed by atoms with van der Waals surface area (Å²) >= 11 is 0. The molecule has 2 rings (SSSR count). The summed E-state index contributed by atoms with van der Waals surface area (Å²) in [5.41, 5.74) is -0.0644. The summed E-state index contributed by atoms with van der Waals surface area (Å²) in [6.45, 7) is 2.06. The Morgan fingerprint density at radius 1 is 1.17 bits per heavy atom. The van der Waals surface area contributed by atoms with E-state index in [0.717, 1.165) is 37.8 Å². The van der Waals surface area contributed by atoms with E-state index in [1.165, 1.54) is 0 Å². The second-order valence-corrected chi connectivity index (χ2v) is 5.09. The van der Waals surface area contributed by atoms with E-state index in [9.17, 15) is 18.0 Å². The Balaban J connectivity index is 2.23. The van der Waals surface area contributed by atoms with Crippen molar-refractivity contribution in [1.29, 1.82) is 0 Å². The highest BCUT2D eigenvalue weighted by molar-refractivity contribution is 5.97. The number of carbonyl (C=O) groups excluding carboxylic acids is 1. The van der Waals surface area contributed by atoms with Gasteiger partial charge < -0.3 is 0 Å². The first-order chi connectivity index (χ1) is 8.49. The van der Waals surface area contributed by atoms with Crippen LogP contribution in [-0.2, 0) is 0 Å². The Labute approximate surface area is 104 Å². The summed E-state index contributed by atoms with van der Waals surface area (Å²) in [7, 11) is 0. The third-order valence-corrected chi connectivity index (χ3v) is 3.58. The van der Waals surface area contributed by atoms with Gasteiger partial charge in [0.25, 0.3) is 0 Å². The topological polar surface area (TPSA) is 17.1 Å². The van der Waals surface area contributed by atoms with Crippen LogP contribution >= 0.6 is 0 Å². The molecule has 0 heterocycles. The van der Waals surface area contributed by atoms with E-state index in [4.69, 9.17) is 0 Å². The number of Topliss-reactive ketones (excluding diaryl/α,β-unsaturated/α-hetero) is 1. The molecule has 1 aromatic carbocycles. The first kappa shape index (κ1) is 13.1. The molecule has 4 heteroatoms. The summed E-state index contributed by atoms with van der Waals surface area (Å²) in [6.07, 6.45) is 3.50. The maximum atomic E-state index is 13.1.